The minimum absolute atomic E-state index is 0.0979. The molecule has 0 heterocycles. The van der Waals surface area contributed by atoms with E-state index in [1.54, 1.807) is 18.2 Å². The lowest BCUT2D eigenvalue weighted by atomic mass is 10.1. The quantitative estimate of drug-likeness (QED) is 0.665. The van der Waals surface area contributed by atoms with E-state index in [-0.39, 0.29) is 18.2 Å². The van der Waals surface area contributed by atoms with Crippen LogP contribution in [0.25, 0.3) is 0 Å². The molecular weight excluding hydrogens is 268 g/mol. The molecule has 5 nitrogen and oxygen atoms in total. The van der Waals surface area contributed by atoms with Crippen LogP contribution in [0.1, 0.15) is 50.0 Å². The molecule has 1 rings (SSSR count). The predicted molar refractivity (Wildman–Crippen MR) is 80.1 cm³/mol. The van der Waals surface area contributed by atoms with Crippen molar-refractivity contribution >= 4 is 17.4 Å². The average Bonchev–Trinajstić information content (AvgIpc) is 2.36. The number of benzene rings is 1. The van der Waals surface area contributed by atoms with E-state index in [1.807, 2.05) is 26.8 Å². The first-order valence-corrected chi connectivity index (χ1v) is 6.74. The number of hydrogen-bond acceptors (Lipinski definition) is 5. The summed E-state index contributed by atoms with van der Waals surface area (Å²) in [7, 11) is 0. The number of carbonyl (C=O) groups is 2. The lowest BCUT2D eigenvalue weighted by molar-refractivity contribution is -0.154. The van der Waals surface area contributed by atoms with Crippen molar-refractivity contribution < 1.29 is 14.3 Å². The number of Topliss-reactive ketones (excluding diaryl/α,β-unsaturated/α-hetero) is 1. The van der Waals surface area contributed by atoms with Crippen molar-refractivity contribution in [2.24, 2.45) is 0 Å². The topological polar surface area (TPSA) is 79.2 Å². The molecule has 5 heteroatoms. The van der Waals surface area contributed by atoms with Gasteiger partial charge in [-0.05, 0) is 45.9 Å². The highest BCUT2D eigenvalue weighted by molar-refractivity contribution is 5.99. The Morgan fingerprint density at radius 2 is 2.00 bits per heavy atom. The van der Waals surface area contributed by atoms with E-state index < -0.39 is 5.60 Å². The number of ketones is 1. The number of esters is 1. The Bertz CT molecular complexity index is 580. The van der Waals surface area contributed by atoms with Crippen LogP contribution >= 0.6 is 0 Å². The summed E-state index contributed by atoms with van der Waals surface area (Å²) in [5.41, 5.74) is 1.01. The second-order valence-electron chi connectivity index (χ2n) is 5.69. The molecule has 21 heavy (non-hydrogen) atoms. The smallest absolute Gasteiger partial charge is 0.308 e. The third-order valence-corrected chi connectivity index (χ3v) is 2.59. The van der Waals surface area contributed by atoms with Gasteiger partial charge in [-0.15, -0.1) is 0 Å². The summed E-state index contributed by atoms with van der Waals surface area (Å²) < 4.78 is 5.20. The predicted octanol–water partition coefficient (Wildman–Crippen LogP) is 2.90. The summed E-state index contributed by atoms with van der Waals surface area (Å²) in [6, 6.07) is 6.82. The number of ether oxygens (including phenoxy) is 1. The van der Waals surface area contributed by atoms with Crippen molar-refractivity contribution in [1.29, 1.82) is 5.26 Å². The number of carbonyl (C=O) groups excluding carboxylic acids is 2. The minimum Gasteiger partial charge on any atom is -0.460 e. The first kappa shape index (κ1) is 16.7. The van der Waals surface area contributed by atoms with E-state index in [0.29, 0.717) is 23.4 Å². The first-order valence-electron chi connectivity index (χ1n) is 6.74. The van der Waals surface area contributed by atoms with Crippen molar-refractivity contribution in [2.45, 2.75) is 39.7 Å². The fourth-order valence-electron chi connectivity index (χ4n) is 1.76. The summed E-state index contributed by atoms with van der Waals surface area (Å²) in [4.78, 5) is 23.1. The molecule has 112 valence electrons. The van der Waals surface area contributed by atoms with E-state index in [9.17, 15) is 9.59 Å². The Hall–Kier alpha value is -2.35. The molecule has 0 aliphatic carbocycles. The van der Waals surface area contributed by atoms with Crippen LogP contribution in [0, 0.1) is 11.3 Å². The molecule has 0 aliphatic heterocycles. The molecule has 0 radical (unpaired) electrons. The second-order valence-corrected chi connectivity index (χ2v) is 5.69. The number of nitriles is 1. The molecule has 0 bridgehead atoms. The molecule has 0 amide bonds. The van der Waals surface area contributed by atoms with Gasteiger partial charge in [0.25, 0.3) is 0 Å². The molecular formula is C16H20N2O3. The summed E-state index contributed by atoms with van der Waals surface area (Å²) in [6.45, 7) is 7.22. The highest BCUT2D eigenvalue weighted by atomic mass is 16.6. The second kappa shape index (κ2) is 6.89. The van der Waals surface area contributed by atoms with Gasteiger partial charge in [-0.2, -0.15) is 5.26 Å². The standard InChI is InChI=1S/C16H20N2O3/c1-11(19)13-6-5-12(10-17)9-14(13)18-8-7-15(20)21-16(2,3)4/h5-6,9,18H,7-8H2,1-4H3. The van der Waals surface area contributed by atoms with Gasteiger partial charge >= 0.3 is 5.97 Å². The number of anilines is 1. The van der Waals surface area contributed by atoms with Crippen molar-refractivity contribution in [3.05, 3.63) is 29.3 Å². The molecule has 0 unspecified atom stereocenters. The number of nitrogens with zero attached hydrogens (tertiary/aromatic N) is 1. The molecule has 0 saturated heterocycles. The van der Waals surface area contributed by atoms with Crippen molar-refractivity contribution in [2.75, 3.05) is 11.9 Å². The normalized spacial score (nSPS) is 10.6. The van der Waals surface area contributed by atoms with Crippen LogP contribution in [0.15, 0.2) is 18.2 Å². The molecule has 1 aromatic carbocycles. The minimum atomic E-state index is -0.512. The molecule has 0 atom stereocenters. The zero-order valence-electron chi connectivity index (χ0n) is 12.8. The Kier molecular flexibility index (Phi) is 5.48. The van der Waals surface area contributed by atoms with Gasteiger partial charge in [0.2, 0.25) is 0 Å². The van der Waals surface area contributed by atoms with Gasteiger partial charge in [-0.1, -0.05) is 0 Å². The van der Waals surface area contributed by atoms with Gasteiger partial charge < -0.3 is 10.1 Å². The zero-order chi connectivity index (χ0) is 16.0. The van der Waals surface area contributed by atoms with E-state index in [4.69, 9.17) is 10.00 Å². The SMILES string of the molecule is CC(=O)c1ccc(C#N)cc1NCCC(=O)OC(C)(C)C. The molecule has 0 aromatic heterocycles. The van der Waals surface area contributed by atoms with E-state index in [1.165, 1.54) is 6.92 Å². The largest absolute Gasteiger partial charge is 0.460 e. The summed E-state index contributed by atoms with van der Waals surface area (Å²) in [5, 5.41) is 11.9. The Morgan fingerprint density at radius 1 is 1.33 bits per heavy atom. The van der Waals surface area contributed by atoms with Gasteiger partial charge in [0.1, 0.15) is 5.60 Å². The maximum atomic E-state index is 11.6. The van der Waals surface area contributed by atoms with Crippen LogP contribution in [-0.4, -0.2) is 23.9 Å². The zero-order valence-corrected chi connectivity index (χ0v) is 12.8. The van der Waals surface area contributed by atoms with Crippen molar-refractivity contribution in [3.63, 3.8) is 0 Å². The molecule has 0 saturated carbocycles. The summed E-state index contributed by atoms with van der Waals surface area (Å²) in [6.07, 6.45) is 0.186. The number of hydrogen-bond donors (Lipinski definition) is 1. The summed E-state index contributed by atoms with van der Waals surface area (Å²) >= 11 is 0. The van der Waals surface area contributed by atoms with Crippen LogP contribution in [0.2, 0.25) is 0 Å². The van der Waals surface area contributed by atoms with Gasteiger partial charge in [-0.25, -0.2) is 0 Å². The Balaban J connectivity index is 2.69. The van der Waals surface area contributed by atoms with Crippen molar-refractivity contribution in [3.8, 4) is 6.07 Å². The monoisotopic (exact) mass is 288 g/mol. The maximum absolute atomic E-state index is 11.6. The highest BCUT2D eigenvalue weighted by Crippen LogP contribution is 2.18. The van der Waals surface area contributed by atoms with E-state index in [0.717, 1.165) is 0 Å². The van der Waals surface area contributed by atoms with Crippen LogP contribution in [0.4, 0.5) is 5.69 Å². The first-order chi connectivity index (χ1) is 9.73. The average molecular weight is 288 g/mol. The fraction of sp³-hybridized carbons (Fsp3) is 0.438. The molecule has 0 aliphatic rings. The lowest BCUT2D eigenvalue weighted by Gasteiger charge is -2.19. The van der Waals surface area contributed by atoms with Crippen LogP contribution < -0.4 is 5.32 Å². The van der Waals surface area contributed by atoms with Gasteiger partial charge in [-0.3, -0.25) is 9.59 Å². The molecule has 0 fully saturated rings. The molecule has 1 aromatic rings. The molecule has 1 N–H and O–H groups in total. The third kappa shape index (κ3) is 5.65. The lowest BCUT2D eigenvalue weighted by Crippen LogP contribution is -2.25. The van der Waals surface area contributed by atoms with Crippen molar-refractivity contribution in [1.82, 2.24) is 0 Å². The Morgan fingerprint density at radius 3 is 2.52 bits per heavy atom. The summed E-state index contributed by atoms with van der Waals surface area (Å²) in [5.74, 6) is -0.407. The third-order valence-electron chi connectivity index (χ3n) is 2.59. The van der Waals surface area contributed by atoms with Gasteiger partial charge in [0, 0.05) is 17.8 Å². The van der Waals surface area contributed by atoms with Crippen LogP contribution in [0.5, 0.6) is 0 Å². The van der Waals surface area contributed by atoms with E-state index in [2.05, 4.69) is 5.32 Å². The number of nitrogens with one attached hydrogen (secondary N) is 1. The molecule has 0 spiro atoms. The fourth-order valence-corrected chi connectivity index (χ4v) is 1.76. The highest BCUT2D eigenvalue weighted by Gasteiger charge is 2.16. The maximum Gasteiger partial charge on any atom is 0.308 e. The van der Waals surface area contributed by atoms with E-state index >= 15 is 0 Å². The van der Waals surface area contributed by atoms with Crippen LogP contribution in [-0.2, 0) is 9.53 Å². The Labute approximate surface area is 124 Å². The van der Waals surface area contributed by atoms with Gasteiger partial charge in [0.05, 0.1) is 18.1 Å². The van der Waals surface area contributed by atoms with Crippen LogP contribution in [0.3, 0.4) is 0 Å². The number of rotatable bonds is 5. The van der Waals surface area contributed by atoms with Gasteiger partial charge in [0.15, 0.2) is 5.78 Å².